The third kappa shape index (κ3) is 9.04. The van der Waals surface area contributed by atoms with Crippen LogP contribution in [0.5, 0.6) is 0 Å². The van der Waals surface area contributed by atoms with Gasteiger partial charge in [0.1, 0.15) is 0 Å². The molecule has 0 aliphatic carbocycles. The molecule has 1 N–H and O–H groups in total. The van der Waals surface area contributed by atoms with Crippen molar-refractivity contribution in [2.45, 2.75) is 20.8 Å². The molecule has 0 amide bonds. The number of hydrogen-bond donors (Lipinski definition) is 1. The quantitative estimate of drug-likeness (QED) is 0.394. The second-order valence-corrected chi connectivity index (χ2v) is 4.04. The zero-order valence-corrected chi connectivity index (χ0v) is 11.8. The van der Waals surface area contributed by atoms with Crippen LogP contribution in [0.1, 0.15) is 20.8 Å². The Hall–Kier alpha value is -1.59. The molecule has 108 valence electrons. The van der Waals surface area contributed by atoms with E-state index in [1.807, 2.05) is 6.92 Å². The normalized spacial score (nSPS) is 12.2. The number of carbonyl (C=O) groups excluding carboxylic acids is 1. The van der Waals surface area contributed by atoms with Crippen molar-refractivity contribution in [3.63, 3.8) is 0 Å². The smallest absolute Gasteiger partial charge is 0.335 e. The minimum Gasteiger partial charge on any atom is -0.473 e. The van der Waals surface area contributed by atoms with Crippen LogP contribution in [-0.4, -0.2) is 37.5 Å². The summed E-state index contributed by atoms with van der Waals surface area (Å²) in [5, 5.41) is 8.75. The van der Waals surface area contributed by atoms with E-state index in [1.54, 1.807) is 13.8 Å². The van der Waals surface area contributed by atoms with Gasteiger partial charge in [-0.15, -0.1) is 0 Å². The van der Waals surface area contributed by atoms with Crippen LogP contribution in [-0.2, 0) is 19.0 Å². The van der Waals surface area contributed by atoms with Gasteiger partial charge in [0.05, 0.1) is 44.5 Å². The number of esters is 1. The van der Waals surface area contributed by atoms with Crippen LogP contribution in [0.15, 0.2) is 35.8 Å². The van der Waals surface area contributed by atoms with Gasteiger partial charge in [0, 0.05) is 0 Å². The minimum atomic E-state index is -0.443. The fraction of sp³-hybridized carbons (Fsp3) is 0.500. The van der Waals surface area contributed by atoms with Gasteiger partial charge >= 0.3 is 5.97 Å². The molecule has 0 aromatic rings. The largest absolute Gasteiger partial charge is 0.473 e. The van der Waals surface area contributed by atoms with Crippen molar-refractivity contribution in [2.75, 3.05) is 26.4 Å². The molecule has 0 aliphatic heterocycles. The maximum Gasteiger partial charge on any atom is 0.335 e. The Morgan fingerprint density at radius 3 is 2.42 bits per heavy atom. The van der Waals surface area contributed by atoms with Gasteiger partial charge in [-0.2, -0.15) is 0 Å². The predicted octanol–water partition coefficient (Wildman–Crippen LogP) is 1.94. The highest BCUT2D eigenvalue weighted by Gasteiger charge is 2.07. The van der Waals surface area contributed by atoms with Gasteiger partial charge in [-0.3, -0.25) is 0 Å². The van der Waals surface area contributed by atoms with Crippen molar-refractivity contribution in [3.8, 4) is 0 Å². The fourth-order valence-corrected chi connectivity index (χ4v) is 0.965. The van der Waals surface area contributed by atoms with Crippen LogP contribution in [0.3, 0.4) is 0 Å². The molecule has 0 aromatic carbocycles. The lowest BCUT2D eigenvalue weighted by atomic mass is 10.3. The Kier molecular flexibility index (Phi) is 9.48. The van der Waals surface area contributed by atoms with Gasteiger partial charge in [0.25, 0.3) is 0 Å². The van der Waals surface area contributed by atoms with Gasteiger partial charge in [-0.25, -0.2) is 4.79 Å². The van der Waals surface area contributed by atoms with Crippen LogP contribution in [0, 0.1) is 0 Å². The number of carbonyl (C=O) groups is 1. The molecule has 0 saturated carbocycles. The first-order chi connectivity index (χ1) is 9.01. The average Bonchev–Trinajstić information content (AvgIpc) is 2.38. The number of aliphatic hydroxyl groups is 1. The first kappa shape index (κ1) is 17.4. The van der Waals surface area contributed by atoms with E-state index < -0.39 is 5.97 Å². The summed E-state index contributed by atoms with van der Waals surface area (Å²) in [6.45, 7) is 9.62. The van der Waals surface area contributed by atoms with Gasteiger partial charge < -0.3 is 19.3 Å². The van der Waals surface area contributed by atoms with E-state index in [-0.39, 0.29) is 18.8 Å². The predicted molar refractivity (Wildman–Crippen MR) is 72.3 cm³/mol. The number of rotatable bonds is 9. The summed E-state index contributed by atoms with van der Waals surface area (Å²) in [7, 11) is 0. The van der Waals surface area contributed by atoms with Crippen molar-refractivity contribution in [2.24, 2.45) is 0 Å². The summed E-state index contributed by atoms with van der Waals surface area (Å²) in [6.07, 6.45) is 2.98. The van der Waals surface area contributed by atoms with Crippen molar-refractivity contribution < 1.29 is 24.1 Å². The highest BCUT2D eigenvalue weighted by Crippen LogP contribution is 2.01. The molecule has 0 aromatic heterocycles. The molecular formula is C14H22O5. The van der Waals surface area contributed by atoms with E-state index in [0.717, 1.165) is 11.1 Å². The first-order valence-electron chi connectivity index (χ1n) is 6.01. The Balaban J connectivity index is 3.91. The third-order valence-electron chi connectivity index (χ3n) is 1.96. The number of ether oxygens (including phenoxy) is 3. The molecule has 0 radical (unpaired) electrons. The standard InChI is InChI=1S/C14H22O5/c1-5-19-14(16)13(4)10-18-9-12(3)8-17-7-11(2)6-15/h7-8,15H,4-6,9-10H2,1-3H3/b11-7+,12-8+. The van der Waals surface area contributed by atoms with Crippen LogP contribution < -0.4 is 0 Å². The van der Waals surface area contributed by atoms with E-state index in [0.29, 0.717) is 13.2 Å². The van der Waals surface area contributed by atoms with Crippen LogP contribution >= 0.6 is 0 Å². The Labute approximate surface area is 114 Å². The highest BCUT2D eigenvalue weighted by atomic mass is 16.5. The maximum atomic E-state index is 11.2. The fourth-order valence-electron chi connectivity index (χ4n) is 0.965. The zero-order valence-electron chi connectivity index (χ0n) is 11.8. The lowest BCUT2D eigenvalue weighted by Crippen LogP contribution is -2.12. The molecule has 0 heterocycles. The molecule has 0 unspecified atom stereocenters. The lowest BCUT2D eigenvalue weighted by molar-refractivity contribution is -0.139. The Morgan fingerprint density at radius 2 is 1.84 bits per heavy atom. The summed E-state index contributed by atoms with van der Waals surface area (Å²) in [4.78, 5) is 11.2. The second-order valence-electron chi connectivity index (χ2n) is 4.04. The molecule has 0 aliphatic rings. The molecule has 0 spiro atoms. The van der Waals surface area contributed by atoms with Crippen molar-refractivity contribution in [1.82, 2.24) is 0 Å². The molecule has 5 nitrogen and oxygen atoms in total. The van der Waals surface area contributed by atoms with E-state index in [9.17, 15) is 4.79 Å². The lowest BCUT2D eigenvalue weighted by Gasteiger charge is -2.06. The first-order valence-corrected chi connectivity index (χ1v) is 6.01. The van der Waals surface area contributed by atoms with E-state index in [1.165, 1.54) is 12.5 Å². The molecular weight excluding hydrogens is 248 g/mol. The van der Waals surface area contributed by atoms with Crippen LogP contribution in [0.25, 0.3) is 0 Å². The van der Waals surface area contributed by atoms with Gasteiger partial charge in [0.15, 0.2) is 0 Å². The molecule has 0 bridgehead atoms. The summed E-state index contributed by atoms with van der Waals surface area (Å²) in [6, 6.07) is 0. The summed E-state index contributed by atoms with van der Waals surface area (Å²) in [5.74, 6) is -0.443. The summed E-state index contributed by atoms with van der Waals surface area (Å²) < 4.78 is 15.2. The number of hydrogen-bond acceptors (Lipinski definition) is 5. The van der Waals surface area contributed by atoms with Crippen LogP contribution in [0.2, 0.25) is 0 Å². The molecule has 0 fully saturated rings. The average molecular weight is 270 g/mol. The maximum absolute atomic E-state index is 11.2. The van der Waals surface area contributed by atoms with Gasteiger partial charge in [-0.1, -0.05) is 6.58 Å². The topological polar surface area (TPSA) is 65.0 Å². The summed E-state index contributed by atoms with van der Waals surface area (Å²) >= 11 is 0. The monoisotopic (exact) mass is 270 g/mol. The van der Waals surface area contributed by atoms with Gasteiger partial charge in [-0.05, 0) is 31.9 Å². The third-order valence-corrected chi connectivity index (χ3v) is 1.96. The van der Waals surface area contributed by atoms with E-state index in [4.69, 9.17) is 19.3 Å². The molecule has 19 heavy (non-hydrogen) atoms. The molecule has 0 atom stereocenters. The molecule has 5 heteroatoms. The molecule has 0 saturated heterocycles. The Morgan fingerprint density at radius 1 is 1.21 bits per heavy atom. The molecule has 0 rings (SSSR count). The van der Waals surface area contributed by atoms with E-state index in [2.05, 4.69) is 6.58 Å². The van der Waals surface area contributed by atoms with Crippen molar-refractivity contribution in [1.29, 1.82) is 0 Å². The van der Waals surface area contributed by atoms with Crippen molar-refractivity contribution >= 4 is 5.97 Å². The number of aliphatic hydroxyl groups excluding tert-OH is 1. The van der Waals surface area contributed by atoms with E-state index >= 15 is 0 Å². The summed E-state index contributed by atoms with van der Waals surface area (Å²) in [5.41, 5.74) is 1.85. The zero-order chi connectivity index (χ0) is 14.7. The second kappa shape index (κ2) is 10.3. The SMILES string of the molecule is C=C(COC/C(C)=C/O/C=C(\C)CO)C(=O)OCC. The van der Waals surface area contributed by atoms with Crippen LogP contribution in [0.4, 0.5) is 0 Å². The Bertz CT molecular complexity index is 355. The highest BCUT2D eigenvalue weighted by molar-refractivity contribution is 5.87. The van der Waals surface area contributed by atoms with Crippen molar-refractivity contribution in [3.05, 3.63) is 35.8 Å². The minimum absolute atomic E-state index is 0.0389. The van der Waals surface area contributed by atoms with Gasteiger partial charge in [0.2, 0.25) is 0 Å².